The van der Waals surface area contributed by atoms with E-state index in [9.17, 15) is 8.42 Å². The van der Waals surface area contributed by atoms with Crippen molar-refractivity contribution in [3.8, 4) is 0 Å². The van der Waals surface area contributed by atoms with Gasteiger partial charge in [0.15, 0.2) is 5.96 Å². The van der Waals surface area contributed by atoms with Crippen LogP contribution in [0.2, 0.25) is 0 Å². The highest BCUT2D eigenvalue weighted by Gasteiger charge is 2.22. The third-order valence-electron chi connectivity index (χ3n) is 3.61. The molecule has 0 aliphatic heterocycles. The maximum Gasteiger partial charge on any atom is 0.209 e. The van der Waals surface area contributed by atoms with E-state index in [0.717, 1.165) is 12.8 Å². The number of hydrogen-bond donors (Lipinski definition) is 3. The highest BCUT2D eigenvalue weighted by Crippen LogP contribution is 2.14. The van der Waals surface area contributed by atoms with E-state index in [1.165, 1.54) is 11.1 Å². The van der Waals surface area contributed by atoms with Gasteiger partial charge in [0.1, 0.15) is 0 Å². The van der Waals surface area contributed by atoms with Crippen LogP contribution in [0, 0.1) is 6.92 Å². The summed E-state index contributed by atoms with van der Waals surface area (Å²) in [6.45, 7) is 9.04. The minimum Gasteiger partial charge on any atom is -0.356 e. The number of guanidine groups is 1. The van der Waals surface area contributed by atoms with Gasteiger partial charge in [0.25, 0.3) is 0 Å². The molecule has 136 valence electrons. The van der Waals surface area contributed by atoms with Gasteiger partial charge in [0.2, 0.25) is 10.0 Å². The summed E-state index contributed by atoms with van der Waals surface area (Å²) in [7, 11) is -1.55. The molecule has 1 atom stereocenters. The second kappa shape index (κ2) is 8.48. The van der Waals surface area contributed by atoms with Crippen molar-refractivity contribution >= 4 is 16.0 Å². The van der Waals surface area contributed by atoms with E-state index in [1.807, 2.05) is 13.8 Å². The number of nitrogens with zero attached hydrogens (tertiary/aromatic N) is 1. The normalized spacial score (nSPS) is 14.3. The molecule has 0 heterocycles. The molecule has 1 aromatic carbocycles. The van der Waals surface area contributed by atoms with Crippen LogP contribution in [0.25, 0.3) is 0 Å². The monoisotopic (exact) mass is 354 g/mol. The molecule has 1 aromatic rings. The number of aliphatic imine (C=N–C) groups is 1. The number of hydrogen-bond acceptors (Lipinski definition) is 3. The fourth-order valence-corrected chi connectivity index (χ4v) is 3.40. The Morgan fingerprint density at radius 3 is 2.29 bits per heavy atom. The van der Waals surface area contributed by atoms with E-state index in [2.05, 4.69) is 58.5 Å². The Hall–Kier alpha value is -1.60. The van der Waals surface area contributed by atoms with Gasteiger partial charge in [-0.25, -0.2) is 13.1 Å². The van der Waals surface area contributed by atoms with Gasteiger partial charge in [-0.05, 0) is 32.3 Å². The number of benzene rings is 1. The fraction of sp³-hybridized carbons (Fsp3) is 0.588. The van der Waals surface area contributed by atoms with Gasteiger partial charge in [-0.2, -0.15) is 0 Å². The first-order valence-corrected chi connectivity index (χ1v) is 9.91. The average Bonchev–Trinajstić information content (AvgIpc) is 2.45. The third-order valence-corrected chi connectivity index (χ3v) is 4.53. The fourth-order valence-electron chi connectivity index (χ4n) is 2.33. The second-order valence-electron chi connectivity index (χ2n) is 6.88. The molecule has 7 heteroatoms. The molecular formula is C17H30N4O2S. The summed E-state index contributed by atoms with van der Waals surface area (Å²) in [5, 5.41) is 6.44. The van der Waals surface area contributed by atoms with Gasteiger partial charge in [-0.3, -0.25) is 4.99 Å². The van der Waals surface area contributed by atoms with Gasteiger partial charge < -0.3 is 10.6 Å². The van der Waals surface area contributed by atoms with Crippen molar-refractivity contribution in [2.75, 3.05) is 26.4 Å². The highest BCUT2D eigenvalue weighted by molar-refractivity contribution is 7.88. The number of rotatable bonds is 7. The average molecular weight is 355 g/mol. The van der Waals surface area contributed by atoms with Crippen LogP contribution in [0.4, 0.5) is 0 Å². The molecule has 6 nitrogen and oxygen atoms in total. The van der Waals surface area contributed by atoms with Crippen molar-refractivity contribution < 1.29 is 8.42 Å². The first-order valence-electron chi connectivity index (χ1n) is 8.02. The molecule has 0 aromatic heterocycles. The summed E-state index contributed by atoms with van der Waals surface area (Å²) in [6.07, 6.45) is 1.16. The summed E-state index contributed by atoms with van der Waals surface area (Å²) in [5.41, 5.74) is 1.91. The van der Waals surface area contributed by atoms with Gasteiger partial charge >= 0.3 is 0 Å². The van der Waals surface area contributed by atoms with Crippen LogP contribution in [0.15, 0.2) is 29.3 Å². The zero-order chi connectivity index (χ0) is 18.4. The van der Waals surface area contributed by atoms with Crippen molar-refractivity contribution in [1.29, 1.82) is 0 Å². The minimum absolute atomic E-state index is 0.339. The van der Waals surface area contributed by atoms with E-state index in [-0.39, 0.29) is 0 Å². The molecule has 0 saturated carbocycles. The van der Waals surface area contributed by atoms with E-state index < -0.39 is 15.6 Å². The summed E-state index contributed by atoms with van der Waals surface area (Å²) in [4.78, 5) is 4.18. The maximum atomic E-state index is 11.4. The Balaban J connectivity index is 2.52. The van der Waals surface area contributed by atoms with E-state index in [4.69, 9.17) is 0 Å². The summed E-state index contributed by atoms with van der Waals surface area (Å²) >= 11 is 0. The van der Waals surface area contributed by atoms with Crippen LogP contribution in [0.5, 0.6) is 0 Å². The van der Waals surface area contributed by atoms with Gasteiger partial charge in [0.05, 0.1) is 6.26 Å². The summed E-state index contributed by atoms with van der Waals surface area (Å²) in [5.74, 6) is 0.989. The predicted molar refractivity (Wildman–Crippen MR) is 101 cm³/mol. The first kappa shape index (κ1) is 20.4. The third kappa shape index (κ3) is 7.79. The molecule has 3 N–H and O–H groups in total. The molecule has 1 rings (SSSR count). The smallest absolute Gasteiger partial charge is 0.209 e. The Labute approximate surface area is 146 Å². The lowest BCUT2D eigenvalue weighted by Gasteiger charge is -2.26. The molecule has 0 radical (unpaired) electrons. The lowest BCUT2D eigenvalue weighted by Crippen LogP contribution is -2.53. The summed E-state index contributed by atoms with van der Waals surface area (Å²) < 4.78 is 25.3. The zero-order valence-electron chi connectivity index (χ0n) is 15.5. The standard InChI is InChI=1S/C17H30N4O2S/c1-13-7-9-15(10-8-13)14(2)11-19-16(18-5)20-12-17(3,4)21-24(6,22)23/h7-10,14,21H,11-12H2,1-6H3,(H2,18,19,20). The molecule has 0 fully saturated rings. The van der Waals surface area contributed by atoms with Gasteiger partial charge in [-0.15, -0.1) is 0 Å². The Bertz CT molecular complexity index is 652. The molecule has 0 aliphatic carbocycles. The number of aryl methyl sites for hydroxylation is 1. The van der Waals surface area contributed by atoms with Crippen molar-refractivity contribution in [2.24, 2.45) is 4.99 Å². The van der Waals surface area contributed by atoms with Crippen LogP contribution in [-0.2, 0) is 10.0 Å². The lowest BCUT2D eigenvalue weighted by molar-refractivity contribution is 0.446. The molecule has 24 heavy (non-hydrogen) atoms. The van der Waals surface area contributed by atoms with Crippen molar-refractivity contribution in [1.82, 2.24) is 15.4 Å². The van der Waals surface area contributed by atoms with Crippen LogP contribution in [-0.4, -0.2) is 46.3 Å². The molecule has 0 bridgehead atoms. The Kier molecular flexibility index (Phi) is 7.23. The SMILES string of the molecule is CN=C(NCC(C)c1ccc(C)cc1)NCC(C)(C)NS(C)(=O)=O. The largest absolute Gasteiger partial charge is 0.356 e. The lowest BCUT2D eigenvalue weighted by atomic mass is 10.0. The predicted octanol–water partition coefficient (Wildman–Crippen LogP) is 1.59. The molecular weight excluding hydrogens is 324 g/mol. The molecule has 0 aliphatic rings. The second-order valence-corrected chi connectivity index (χ2v) is 8.62. The number of nitrogens with one attached hydrogen (secondary N) is 3. The van der Waals surface area contributed by atoms with Gasteiger partial charge in [-0.1, -0.05) is 36.8 Å². The zero-order valence-corrected chi connectivity index (χ0v) is 16.3. The van der Waals surface area contributed by atoms with Crippen molar-refractivity contribution in [3.05, 3.63) is 35.4 Å². The minimum atomic E-state index is -3.25. The van der Waals surface area contributed by atoms with Crippen molar-refractivity contribution in [2.45, 2.75) is 39.2 Å². The van der Waals surface area contributed by atoms with Gasteiger partial charge in [0, 0.05) is 25.7 Å². The van der Waals surface area contributed by atoms with Crippen molar-refractivity contribution in [3.63, 3.8) is 0 Å². The van der Waals surface area contributed by atoms with E-state index >= 15 is 0 Å². The topological polar surface area (TPSA) is 82.6 Å². The van der Waals surface area contributed by atoms with E-state index in [1.54, 1.807) is 7.05 Å². The van der Waals surface area contributed by atoms with Crippen LogP contribution in [0.1, 0.15) is 37.8 Å². The summed E-state index contributed by atoms with van der Waals surface area (Å²) in [6, 6.07) is 8.49. The van der Waals surface area contributed by atoms with Crippen LogP contribution >= 0.6 is 0 Å². The maximum absolute atomic E-state index is 11.4. The van der Waals surface area contributed by atoms with Crippen LogP contribution in [0.3, 0.4) is 0 Å². The molecule has 0 spiro atoms. The molecule has 1 unspecified atom stereocenters. The highest BCUT2D eigenvalue weighted by atomic mass is 32.2. The molecule has 0 saturated heterocycles. The quantitative estimate of drug-likeness (QED) is 0.513. The van der Waals surface area contributed by atoms with E-state index in [0.29, 0.717) is 18.4 Å². The number of sulfonamides is 1. The Morgan fingerprint density at radius 2 is 1.79 bits per heavy atom. The molecule has 0 amide bonds. The van der Waals surface area contributed by atoms with Crippen LogP contribution < -0.4 is 15.4 Å². The Morgan fingerprint density at radius 1 is 1.21 bits per heavy atom. The first-order chi connectivity index (χ1) is 11.0.